The van der Waals surface area contributed by atoms with Crippen LogP contribution in [0.1, 0.15) is 78.6 Å². The maximum atomic E-state index is 5.67. The van der Waals surface area contributed by atoms with Crippen LogP contribution in [0.25, 0.3) is 0 Å². The minimum atomic E-state index is -0.0976. The van der Waals surface area contributed by atoms with Gasteiger partial charge in [-0.15, -0.1) is 0 Å². The lowest BCUT2D eigenvalue weighted by molar-refractivity contribution is -0.154. The zero-order valence-corrected chi connectivity index (χ0v) is 14.2. The molecule has 0 aromatic carbocycles. The fraction of sp³-hybridized carbons (Fsp3) is 1.00. The molecule has 122 valence electrons. The molecule has 0 aromatic rings. The van der Waals surface area contributed by atoms with Crippen molar-refractivity contribution >= 4 is 0 Å². The Labute approximate surface area is 126 Å². The van der Waals surface area contributed by atoms with Gasteiger partial charge in [-0.3, -0.25) is 0 Å². The van der Waals surface area contributed by atoms with Gasteiger partial charge in [0, 0.05) is 13.2 Å². The molecule has 0 saturated heterocycles. The molecule has 0 aliphatic rings. The number of likely N-dealkylation sites (N-methyl/N-ethyl adjacent to an activating group) is 1. The van der Waals surface area contributed by atoms with Crippen LogP contribution in [0.3, 0.4) is 0 Å². The van der Waals surface area contributed by atoms with E-state index < -0.39 is 0 Å². The lowest BCUT2D eigenvalue weighted by Crippen LogP contribution is -2.41. The molecule has 0 saturated carbocycles. The van der Waals surface area contributed by atoms with E-state index in [4.69, 9.17) is 9.47 Å². The summed E-state index contributed by atoms with van der Waals surface area (Å²) in [6.07, 6.45) is 11.9. The molecule has 1 unspecified atom stereocenters. The van der Waals surface area contributed by atoms with Gasteiger partial charge in [0.1, 0.15) is 0 Å². The molecule has 3 heteroatoms. The second kappa shape index (κ2) is 15.3. The highest BCUT2D eigenvalue weighted by molar-refractivity contribution is 4.69. The van der Waals surface area contributed by atoms with Crippen molar-refractivity contribution in [2.24, 2.45) is 0 Å². The summed E-state index contributed by atoms with van der Waals surface area (Å²) in [5, 5.41) is 3.34. The third-order valence-corrected chi connectivity index (χ3v) is 3.73. The predicted octanol–water partition coefficient (Wildman–Crippen LogP) is 4.50. The van der Waals surface area contributed by atoms with Gasteiger partial charge >= 0.3 is 0 Å². The average molecular weight is 287 g/mol. The summed E-state index contributed by atoms with van der Waals surface area (Å²) >= 11 is 0. The van der Waals surface area contributed by atoms with E-state index in [0.717, 1.165) is 6.42 Å². The molecule has 0 bridgehead atoms. The van der Waals surface area contributed by atoms with E-state index in [0.29, 0.717) is 19.3 Å². The summed E-state index contributed by atoms with van der Waals surface area (Å²) in [7, 11) is 2.00. The van der Waals surface area contributed by atoms with Crippen LogP contribution in [0.5, 0.6) is 0 Å². The molecule has 0 amide bonds. The summed E-state index contributed by atoms with van der Waals surface area (Å²) in [5.74, 6) is 0. The number of unbranched alkanes of at least 4 members (excludes halogenated alkanes) is 7. The Morgan fingerprint density at radius 1 is 0.750 bits per heavy atom. The molecule has 0 aromatic heterocycles. The van der Waals surface area contributed by atoms with Gasteiger partial charge in [-0.2, -0.15) is 0 Å². The minimum absolute atomic E-state index is 0.0976. The maximum Gasteiger partial charge on any atom is 0.172 e. The van der Waals surface area contributed by atoms with E-state index in [1.165, 1.54) is 51.4 Å². The molecule has 0 spiro atoms. The predicted molar refractivity (Wildman–Crippen MR) is 87.1 cm³/mol. The van der Waals surface area contributed by atoms with Crippen LogP contribution >= 0.6 is 0 Å². The van der Waals surface area contributed by atoms with Crippen molar-refractivity contribution in [3.05, 3.63) is 0 Å². The molecule has 0 aliphatic heterocycles. The van der Waals surface area contributed by atoms with E-state index in [1.54, 1.807) is 0 Å². The second-order valence-corrected chi connectivity index (χ2v) is 5.44. The lowest BCUT2D eigenvalue weighted by Gasteiger charge is -2.26. The Morgan fingerprint density at radius 2 is 1.25 bits per heavy atom. The topological polar surface area (TPSA) is 30.5 Å². The lowest BCUT2D eigenvalue weighted by atomic mass is 10.0. The largest absolute Gasteiger partial charge is 0.351 e. The van der Waals surface area contributed by atoms with Crippen molar-refractivity contribution < 1.29 is 9.47 Å². The average Bonchev–Trinajstić information content (AvgIpc) is 2.46. The van der Waals surface area contributed by atoms with Gasteiger partial charge in [-0.25, -0.2) is 0 Å². The zero-order valence-electron chi connectivity index (χ0n) is 14.2. The Hall–Kier alpha value is -0.120. The molecule has 20 heavy (non-hydrogen) atoms. The summed E-state index contributed by atoms with van der Waals surface area (Å²) in [4.78, 5) is 0. The number of ether oxygens (including phenoxy) is 2. The normalized spacial score (nSPS) is 13.1. The first-order valence-corrected chi connectivity index (χ1v) is 8.70. The molecule has 3 nitrogen and oxygen atoms in total. The highest BCUT2D eigenvalue weighted by Crippen LogP contribution is 2.13. The first-order valence-electron chi connectivity index (χ1n) is 8.70. The fourth-order valence-electron chi connectivity index (χ4n) is 2.52. The van der Waals surface area contributed by atoms with Crippen LogP contribution in [0, 0.1) is 0 Å². The minimum Gasteiger partial charge on any atom is -0.351 e. The van der Waals surface area contributed by atoms with Crippen LogP contribution < -0.4 is 5.32 Å². The molecular formula is C17H37NO2. The summed E-state index contributed by atoms with van der Waals surface area (Å²) in [5.41, 5.74) is 0. The molecule has 0 radical (unpaired) electrons. The van der Waals surface area contributed by atoms with Crippen LogP contribution in [0.4, 0.5) is 0 Å². The van der Waals surface area contributed by atoms with Crippen molar-refractivity contribution in [1.29, 1.82) is 0 Å². The van der Waals surface area contributed by atoms with Gasteiger partial charge in [-0.05, 0) is 27.3 Å². The molecule has 0 aliphatic carbocycles. The zero-order chi connectivity index (χ0) is 15.1. The first kappa shape index (κ1) is 19.9. The molecule has 0 rings (SSSR count). The quantitative estimate of drug-likeness (QED) is 0.355. The van der Waals surface area contributed by atoms with Crippen molar-refractivity contribution in [1.82, 2.24) is 5.32 Å². The van der Waals surface area contributed by atoms with E-state index in [1.807, 2.05) is 20.9 Å². The van der Waals surface area contributed by atoms with Crippen LogP contribution in [-0.2, 0) is 9.47 Å². The van der Waals surface area contributed by atoms with Gasteiger partial charge in [0.2, 0.25) is 0 Å². The van der Waals surface area contributed by atoms with E-state index >= 15 is 0 Å². The van der Waals surface area contributed by atoms with E-state index in [2.05, 4.69) is 12.2 Å². The second-order valence-electron chi connectivity index (χ2n) is 5.44. The van der Waals surface area contributed by atoms with E-state index in [9.17, 15) is 0 Å². The Bertz CT molecular complexity index is 182. The highest BCUT2D eigenvalue weighted by atomic mass is 16.7. The van der Waals surface area contributed by atoms with Gasteiger partial charge < -0.3 is 14.8 Å². The third-order valence-electron chi connectivity index (χ3n) is 3.73. The third kappa shape index (κ3) is 10.6. The number of rotatable bonds is 15. The van der Waals surface area contributed by atoms with Crippen molar-refractivity contribution in [2.75, 3.05) is 20.3 Å². The van der Waals surface area contributed by atoms with Gasteiger partial charge in [0.25, 0.3) is 0 Å². The summed E-state index contributed by atoms with van der Waals surface area (Å²) in [6, 6.07) is 0.315. The Kier molecular flexibility index (Phi) is 15.2. The van der Waals surface area contributed by atoms with Gasteiger partial charge in [-0.1, -0.05) is 58.3 Å². The monoisotopic (exact) mass is 287 g/mol. The van der Waals surface area contributed by atoms with E-state index in [-0.39, 0.29) is 6.29 Å². The highest BCUT2D eigenvalue weighted by Gasteiger charge is 2.19. The summed E-state index contributed by atoms with van der Waals surface area (Å²) in [6.45, 7) is 7.73. The Balaban J connectivity index is 3.66. The SMILES string of the molecule is CCCCCCCCCCC(NC)C(OCC)OCC. The fourth-order valence-corrected chi connectivity index (χ4v) is 2.52. The maximum absolute atomic E-state index is 5.67. The molecule has 0 fully saturated rings. The smallest absolute Gasteiger partial charge is 0.172 e. The van der Waals surface area contributed by atoms with Gasteiger partial charge in [0.05, 0.1) is 6.04 Å². The molecule has 0 heterocycles. The molecular weight excluding hydrogens is 250 g/mol. The van der Waals surface area contributed by atoms with Crippen LogP contribution in [0.2, 0.25) is 0 Å². The van der Waals surface area contributed by atoms with Crippen molar-refractivity contribution in [3.63, 3.8) is 0 Å². The van der Waals surface area contributed by atoms with Crippen LogP contribution in [0.15, 0.2) is 0 Å². The summed E-state index contributed by atoms with van der Waals surface area (Å²) < 4.78 is 11.3. The van der Waals surface area contributed by atoms with Crippen LogP contribution in [-0.4, -0.2) is 32.6 Å². The molecule has 1 atom stereocenters. The number of hydrogen-bond acceptors (Lipinski definition) is 3. The number of nitrogens with one attached hydrogen (secondary N) is 1. The van der Waals surface area contributed by atoms with Crippen molar-refractivity contribution in [3.8, 4) is 0 Å². The van der Waals surface area contributed by atoms with Gasteiger partial charge in [0.15, 0.2) is 6.29 Å². The number of hydrogen-bond donors (Lipinski definition) is 1. The van der Waals surface area contributed by atoms with Crippen molar-refractivity contribution in [2.45, 2.75) is 90.9 Å². The first-order chi connectivity index (χ1) is 9.79. The Morgan fingerprint density at radius 3 is 1.70 bits per heavy atom. The molecule has 1 N–H and O–H groups in total. The standard InChI is InChI=1S/C17H37NO2/c1-5-8-9-10-11-12-13-14-15-16(18-4)17(19-6-2)20-7-3/h16-18H,5-15H2,1-4H3.